The maximum absolute atomic E-state index is 5.27. The summed E-state index contributed by atoms with van der Waals surface area (Å²) in [4.78, 5) is 15.6. The molecule has 0 aliphatic carbocycles. The van der Waals surface area contributed by atoms with Crippen LogP contribution < -0.4 is 0 Å². The Morgan fingerprint density at radius 3 is 1.35 bits per heavy atom. The summed E-state index contributed by atoms with van der Waals surface area (Å²) in [5.41, 5.74) is 13.3. The van der Waals surface area contributed by atoms with Crippen LogP contribution in [0.25, 0.3) is 100 Å². The number of para-hydroxylation sites is 2. The van der Waals surface area contributed by atoms with Crippen LogP contribution in [0.3, 0.4) is 0 Å². The first kappa shape index (κ1) is 32.8. The largest absolute Gasteiger partial charge is 0.307 e. The predicted octanol–water partition coefficient (Wildman–Crippen LogP) is 13.0. The fourth-order valence-electron chi connectivity index (χ4n) is 8.46. The molecule has 8 aromatic carbocycles. The third kappa shape index (κ3) is 5.43. The standard InChI is InChI=1S/C52H35N5/c1-34-33-44-42-21-11-13-23-45(42)56(41-31-29-38(30-32-41)37-27-25-36(26-28-37)35-15-5-2-6-16-35)48(44)49-47(34)43-22-12-14-24-46(43)57(49)52-54-50(39-17-7-3-8-18-39)53-51(55-52)40-19-9-4-10-20-40/h2-33H,1H3. The Hall–Kier alpha value is -7.63. The lowest BCUT2D eigenvalue weighted by molar-refractivity contribution is 0.953. The Kier molecular flexibility index (Phi) is 7.64. The van der Waals surface area contributed by atoms with Gasteiger partial charge in [-0.1, -0.05) is 164 Å². The summed E-state index contributed by atoms with van der Waals surface area (Å²) < 4.78 is 4.68. The molecule has 5 heteroatoms. The Balaban J connectivity index is 1.18. The van der Waals surface area contributed by atoms with Crippen LogP contribution in [0.4, 0.5) is 0 Å². The molecule has 0 unspecified atom stereocenters. The fraction of sp³-hybridized carbons (Fsp3) is 0.0192. The van der Waals surface area contributed by atoms with Crippen LogP contribution >= 0.6 is 0 Å². The molecule has 57 heavy (non-hydrogen) atoms. The highest BCUT2D eigenvalue weighted by molar-refractivity contribution is 6.24. The molecule has 3 aromatic heterocycles. The second kappa shape index (κ2) is 13.3. The number of aryl methyl sites for hydroxylation is 1. The van der Waals surface area contributed by atoms with Gasteiger partial charge in [0, 0.05) is 38.4 Å². The zero-order valence-corrected chi connectivity index (χ0v) is 31.2. The van der Waals surface area contributed by atoms with Crippen molar-refractivity contribution in [2.45, 2.75) is 6.92 Å². The van der Waals surface area contributed by atoms with E-state index in [4.69, 9.17) is 15.0 Å². The molecule has 0 aliphatic heterocycles. The number of fused-ring (bicyclic) bond motifs is 7. The van der Waals surface area contributed by atoms with Gasteiger partial charge in [0.15, 0.2) is 11.6 Å². The Morgan fingerprint density at radius 2 is 0.789 bits per heavy atom. The first-order valence-electron chi connectivity index (χ1n) is 19.3. The summed E-state index contributed by atoms with van der Waals surface area (Å²) in [7, 11) is 0. The van der Waals surface area contributed by atoms with Crippen LogP contribution in [0.5, 0.6) is 0 Å². The number of hydrogen-bond donors (Lipinski definition) is 0. The minimum atomic E-state index is 0.576. The van der Waals surface area contributed by atoms with Gasteiger partial charge in [0.1, 0.15) is 0 Å². The summed E-state index contributed by atoms with van der Waals surface area (Å²) >= 11 is 0. The van der Waals surface area contributed by atoms with E-state index in [0.717, 1.165) is 44.3 Å². The van der Waals surface area contributed by atoms with E-state index in [1.807, 2.05) is 36.4 Å². The molecular formula is C52H35N5. The second-order valence-corrected chi connectivity index (χ2v) is 14.5. The van der Waals surface area contributed by atoms with Crippen molar-refractivity contribution in [3.63, 3.8) is 0 Å². The van der Waals surface area contributed by atoms with Crippen molar-refractivity contribution < 1.29 is 0 Å². The molecule has 0 bridgehead atoms. The highest BCUT2D eigenvalue weighted by Gasteiger charge is 2.24. The fourth-order valence-corrected chi connectivity index (χ4v) is 8.46. The molecule has 11 aromatic rings. The highest BCUT2D eigenvalue weighted by atomic mass is 15.2. The van der Waals surface area contributed by atoms with Crippen LogP contribution in [0.1, 0.15) is 5.56 Å². The van der Waals surface area contributed by atoms with E-state index >= 15 is 0 Å². The Bertz CT molecular complexity index is 3200. The lowest BCUT2D eigenvalue weighted by Gasteiger charge is -2.14. The lowest BCUT2D eigenvalue weighted by atomic mass is 10.0. The molecular weight excluding hydrogens is 695 g/mol. The molecule has 0 saturated carbocycles. The number of aromatic nitrogens is 5. The van der Waals surface area contributed by atoms with Crippen molar-refractivity contribution in [1.82, 2.24) is 24.1 Å². The molecule has 0 N–H and O–H groups in total. The molecule has 0 aliphatic rings. The van der Waals surface area contributed by atoms with Gasteiger partial charge in [-0.25, -0.2) is 4.98 Å². The summed E-state index contributed by atoms with van der Waals surface area (Å²) in [5.74, 6) is 1.83. The predicted molar refractivity (Wildman–Crippen MR) is 235 cm³/mol. The van der Waals surface area contributed by atoms with Crippen molar-refractivity contribution in [3.8, 4) is 56.7 Å². The minimum Gasteiger partial charge on any atom is -0.307 e. The van der Waals surface area contributed by atoms with Crippen LogP contribution in [0.15, 0.2) is 194 Å². The van der Waals surface area contributed by atoms with Crippen LogP contribution in [-0.4, -0.2) is 24.1 Å². The molecule has 0 radical (unpaired) electrons. The first-order valence-corrected chi connectivity index (χ1v) is 19.3. The molecule has 5 nitrogen and oxygen atoms in total. The summed E-state index contributed by atoms with van der Waals surface area (Å²) in [6.45, 7) is 2.22. The smallest absolute Gasteiger partial charge is 0.238 e. The molecule has 11 rings (SSSR count). The van der Waals surface area contributed by atoms with E-state index in [0.29, 0.717) is 17.6 Å². The number of nitrogens with zero attached hydrogens (tertiary/aromatic N) is 5. The lowest BCUT2D eigenvalue weighted by Crippen LogP contribution is -2.07. The second-order valence-electron chi connectivity index (χ2n) is 14.5. The topological polar surface area (TPSA) is 48.5 Å². The molecule has 268 valence electrons. The number of rotatable bonds is 6. The summed E-state index contributed by atoms with van der Waals surface area (Å²) in [5, 5.41) is 4.71. The maximum atomic E-state index is 5.27. The van der Waals surface area contributed by atoms with Gasteiger partial charge in [0.2, 0.25) is 5.95 Å². The normalized spacial score (nSPS) is 11.6. The monoisotopic (exact) mass is 729 g/mol. The number of benzene rings is 8. The van der Waals surface area contributed by atoms with Gasteiger partial charge >= 0.3 is 0 Å². The van der Waals surface area contributed by atoms with E-state index in [1.165, 1.54) is 44.0 Å². The Morgan fingerprint density at radius 1 is 0.351 bits per heavy atom. The Labute approximate surface area is 329 Å². The van der Waals surface area contributed by atoms with E-state index in [-0.39, 0.29) is 0 Å². The zero-order valence-electron chi connectivity index (χ0n) is 31.2. The molecule has 3 heterocycles. The third-order valence-electron chi connectivity index (χ3n) is 11.1. The minimum absolute atomic E-state index is 0.576. The van der Waals surface area contributed by atoms with Crippen molar-refractivity contribution in [3.05, 3.63) is 200 Å². The highest BCUT2D eigenvalue weighted by Crippen LogP contribution is 2.43. The molecule has 0 fully saturated rings. The molecule has 0 saturated heterocycles. The van der Waals surface area contributed by atoms with E-state index in [1.54, 1.807) is 0 Å². The first-order chi connectivity index (χ1) is 28.2. The van der Waals surface area contributed by atoms with Crippen LogP contribution in [0.2, 0.25) is 0 Å². The molecule has 0 amide bonds. The van der Waals surface area contributed by atoms with Gasteiger partial charge in [-0.3, -0.25) is 4.57 Å². The van der Waals surface area contributed by atoms with Gasteiger partial charge in [-0.15, -0.1) is 0 Å². The third-order valence-corrected chi connectivity index (χ3v) is 11.1. The molecule has 0 atom stereocenters. The van der Waals surface area contributed by atoms with Crippen LogP contribution in [0, 0.1) is 6.92 Å². The summed E-state index contributed by atoms with van der Waals surface area (Å²) in [6.07, 6.45) is 0. The van der Waals surface area contributed by atoms with Crippen molar-refractivity contribution in [1.29, 1.82) is 0 Å². The van der Waals surface area contributed by atoms with Crippen molar-refractivity contribution >= 4 is 43.6 Å². The summed E-state index contributed by atoms with van der Waals surface area (Å²) in [6, 6.07) is 68.4. The maximum Gasteiger partial charge on any atom is 0.238 e. The zero-order chi connectivity index (χ0) is 37.9. The van der Waals surface area contributed by atoms with Gasteiger partial charge < -0.3 is 4.57 Å². The average Bonchev–Trinajstić information content (AvgIpc) is 3.81. The SMILES string of the molecule is Cc1cc2c3ccccc3n(-c3ccc(-c4ccc(-c5ccccc5)cc4)cc3)c2c2c1c1ccccc1n2-c1nc(-c2ccccc2)nc(-c2ccccc2)n1. The van der Waals surface area contributed by atoms with E-state index < -0.39 is 0 Å². The van der Waals surface area contributed by atoms with Gasteiger partial charge in [-0.05, 0) is 65.1 Å². The van der Waals surface area contributed by atoms with E-state index in [9.17, 15) is 0 Å². The van der Waals surface area contributed by atoms with Crippen LogP contribution in [-0.2, 0) is 0 Å². The van der Waals surface area contributed by atoms with Gasteiger partial charge in [0.05, 0.1) is 22.1 Å². The number of hydrogen-bond acceptors (Lipinski definition) is 3. The van der Waals surface area contributed by atoms with Gasteiger partial charge in [0.25, 0.3) is 0 Å². The quantitative estimate of drug-likeness (QED) is 0.171. The van der Waals surface area contributed by atoms with Crippen molar-refractivity contribution in [2.24, 2.45) is 0 Å². The van der Waals surface area contributed by atoms with Gasteiger partial charge in [-0.2, -0.15) is 9.97 Å². The van der Waals surface area contributed by atoms with E-state index in [2.05, 4.69) is 174 Å². The van der Waals surface area contributed by atoms with Crippen molar-refractivity contribution in [2.75, 3.05) is 0 Å². The molecule has 0 spiro atoms. The average molecular weight is 730 g/mol.